The third kappa shape index (κ3) is 4.92. The molecule has 5 nitrogen and oxygen atoms in total. The maximum atomic E-state index is 11.1. The number of halogens is 1. The molecule has 0 aromatic carbocycles. The van der Waals surface area contributed by atoms with Crippen molar-refractivity contribution in [3.63, 3.8) is 0 Å². The second-order valence-electron chi connectivity index (χ2n) is 3.99. The highest BCUT2D eigenvalue weighted by Crippen LogP contribution is 2.22. The van der Waals surface area contributed by atoms with Crippen LogP contribution >= 0.6 is 11.6 Å². The lowest BCUT2D eigenvalue weighted by molar-refractivity contribution is -0.158. The average Bonchev–Trinajstić information content (AvgIpc) is 2.52. The molecule has 0 aromatic heterocycles. The summed E-state index contributed by atoms with van der Waals surface area (Å²) in [5.41, 5.74) is 0. The Kier molecular flexibility index (Phi) is 4.70. The van der Waals surface area contributed by atoms with Gasteiger partial charge in [0.2, 0.25) is 5.24 Å². The Labute approximate surface area is 99.0 Å². The Hall–Kier alpha value is -0.650. The first-order valence-electron chi connectivity index (χ1n) is 5.05. The molecule has 0 aliphatic carbocycles. The van der Waals surface area contributed by atoms with Crippen LogP contribution in [0.15, 0.2) is 0 Å². The summed E-state index contributed by atoms with van der Waals surface area (Å²) in [5, 5.41) is -0.543. The van der Waals surface area contributed by atoms with Gasteiger partial charge in [-0.05, 0) is 25.4 Å². The van der Waals surface area contributed by atoms with Gasteiger partial charge in [0.1, 0.15) is 12.7 Å². The Morgan fingerprint density at radius 2 is 2.12 bits per heavy atom. The Bertz CT molecular complexity index is 276. The molecule has 1 heterocycles. The fraction of sp³-hybridized carbons (Fsp3) is 0.800. The average molecular weight is 251 g/mol. The zero-order valence-corrected chi connectivity index (χ0v) is 10.1. The molecule has 1 aliphatic heterocycles. The summed E-state index contributed by atoms with van der Waals surface area (Å²) >= 11 is 5.10. The van der Waals surface area contributed by atoms with Gasteiger partial charge in [-0.15, -0.1) is 0 Å². The maximum absolute atomic E-state index is 11.1. The van der Waals surface area contributed by atoms with Gasteiger partial charge in [-0.3, -0.25) is 9.59 Å². The quantitative estimate of drug-likeness (QED) is 0.542. The monoisotopic (exact) mass is 250 g/mol. The van der Waals surface area contributed by atoms with Crippen LogP contribution in [0.3, 0.4) is 0 Å². The minimum absolute atomic E-state index is 0.000691. The van der Waals surface area contributed by atoms with Crippen LogP contribution in [0.2, 0.25) is 0 Å². The van der Waals surface area contributed by atoms with Crippen LogP contribution in [0.5, 0.6) is 0 Å². The first-order valence-corrected chi connectivity index (χ1v) is 5.42. The zero-order chi connectivity index (χ0) is 12.2. The van der Waals surface area contributed by atoms with Crippen LogP contribution in [0.4, 0.5) is 0 Å². The van der Waals surface area contributed by atoms with E-state index in [1.807, 2.05) is 0 Å². The lowest BCUT2D eigenvalue weighted by Crippen LogP contribution is -2.25. The number of rotatable bonds is 5. The molecule has 0 N–H and O–H groups in total. The normalized spacial score (nSPS) is 23.1. The van der Waals surface area contributed by atoms with Crippen molar-refractivity contribution in [3.8, 4) is 0 Å². The lowest BCUT2D eigenvalue weighted by atomic mass is 10.3. The lowest BCUT2D eigenvalue weighted by Gasteiger charge is -2.16. The summed E-state index contributed by atoms with van der Waals surface area (Å²) < 4.78 is 15.6. The summed E-state index contributed by atoms with van der Waals surface area (Å²) in [6.07, 6.45) is -0.252. The van der Waals surface area contributed by atoms with E-state index < -0.39 is 17.0 Å². The van der Waals surface area contributed by atoms with Gasteiger partial charge in [-0.2, -0.15) is 0 Å². The van der Waals surface area contributed by atoms with E-state index in [1.54, 1.807) is 13.8 Å². The van der Waals surface area contributed by atoms with E-state index in [4.69, 9.17) is 25.8 Å². The van der Waals surface area contributed by atoms with E-state index in [9.17, 15) is 9.59 Å². The van der Waals surface area contributed by atoms with Crippen molar-refractivity contribution in [2.24, 2.45) is 0 Å². The summed E-state index contributed by atoms with van der Waals surface area (Å²) in [6.45, 7) is 4.12. The van der Waals surface area contributed by atoms with E-state index in [0.717, 1.165) is 0 Å². The number of hydrogen-bond acceptors (Lipinski definition) is 5. The van der Waals surface area contributed by atoms with E-state index >= 15 is 0 Å². The molecule has 0 spiro atoms. The van der Waals surface area contributed by atoms with Crippen LogP contribution in [0.1, 0.15) is 26.7 Å². The van der Waals surface area contributed by atoms with E-state index in [1.165, 1.54) is 0 Å². The highest BCUT2D eigenvalue weighted by atomic mass is 35.5. The predicted molar refractivity (Wildman–Crippen MR) is 56.0 cm³/mol. The SMILES string of the molecule is CC1(C)OCC(COC(=O)CCC(=O)Cl)O1. The molecule has 6 heteroatoms. The molecule has 0 bridgehead atoms. The number of ether oxygens (including phenoxy) is 3. The van der Waals surface area contributed by atoms with Gasteiger partial charge in [-0.25, -0.2) is 0 Å². The van der Waals surface area contributed by atoms with Gasteiger partial charge >= 0.3 is 5.97 Å². The molecule has 1 rings (SSSR count). The van der Waals surface area contributed by atoms with Crippen molar-refractivity contribution in [2.45, 2.75) is 38.6 Å². The van der Waals surface area contributed by atoms with Gasteiger partial charge in [0.25, 0.3) is 0 Å². The second-order valence-corrected chi connectivity index (χ2v) is 4.41. The van der Waals surface area contributed by atoms with E-state index in [2.05, 4.69) is 0 Å². The Morgan fingerprint density at radius 3 is 2.62 bits per heavy atom. The second kappa shape index (κ2) is 5.61. The van der Waals surface area contributed by atoms with Crippen molar-refractivity contribution in [3.05, 3.63) is 0 Å². The molecule has 0 amide bonds. The molecule has 0 aromatic rings. The van der Waals surface area contributed by atoms with Gasteiger partial charge in [0.05, 0.1) is 13.0 Å². The Balaban J connectivity index is 2.15. The molecule has 16 heavy (non-hydrogen) atoms. The smallest absolute Gasteiger partial charge is 0.306 e. The summed E-state index contributed by atoms with van der Waals surface area (Å²) in [4.78, 5) is 21.5. The molecular weight excluding hydrogens is 236 g/mol. The van der Waals surface area contributed by atoms with Crippen LogP contribution < -0.4 is 0 Å². The third-order valence-corrected chi connectivity index (χ3v) is 2.21. The fourth-order valence-electron chi connectivity index (χ4n) is 1.30. The standard InChI is InChI=1S/C10H15ClO5/c1-10(2)15-6-7(16-10)5-14-9(13)4-3-8(11)12/h7H,3-6H2,1-2H3. The van der Waals surface area contributed by atoms with Crippen molar-refractivity contribution < 1.29 is 23.8 Å². The summed E-state index contributed by atoms with van der Waals surface area (Å²) in [6, 6.07) is 0. The van der Waals surface area contributed by atoms with Gasteiger partial charge in [0.15, 0.2) is 5.79 Å². The van der Waals surface area contributed by atoms with Crippen LogP contribution in [-0.4, -0.2) is 36.3 Å². The van der Waals surface area contributed by atoms with Crippen LogP contribution in [-0.2, 0) is 23.8 Å². The van der Waals surface area contributed by atoms with Crippen molar-refractivity contribution in [2.75, 3.05) is 13.2 Å². The third-order valence-electron chi connectivity index (χ3n) is 2.02. The minimum Gasteiger partial charge on any atom is -0.463 e. The molecule has 0 radical (unpaired) electrons. The fourth-order valence-corrected chi connectivity index (χ4v) is 1.40. The summed E-state index contributed by atoms with van der Waals surface area (Å²) in [5.74, 6) is -1.08. The number of hydrogen-bond donors (Lipinski definition) is 0. The molecular formula is C10H15ClO5. The minimum atomic E-state index is -0.622. The van der Waals surface area contributed by atoms with Gasteiger partial charge < -0.3 is 14.2 Å². The molecule has 1 atom stereocenters. The zero-order valence-electron chi connectivity index (χ0n) is 9.32. The van der Waals surface area contributed by atoms with Crippen LogP contribution in [0.25, 0.3) is 0 Å². The van der Waals surface area contributed by atoms with Crippen LogP contribution in [0, 0.1) is 0 Å². The molecule has 1 fully saturated rings. The number of carbonyl (C=O) groups excluding carboxylic acids is 2. The first kappa shape index (κ1) is 13.4. The highest BCUT2D eigenvalue weighted by molar-refractivity contribution is 6.63. The van der Waals surface area contributed by atoms with E-state index in [0.29, 0.717) is 6.61 Å². The number of esters is 1. The van der Waals surface area contributed by atoms with Crippen molar-refractivity contribution in [1.29, 1.82) is 0 Å². The van der Waals surface area contributed by atoms with E-state index in [-0.39, 0.29) is 25.6 Å². The molecule has 1 saturated heterocycles. The Morgan fingerprint density at radius 1 is 1.44 bits per heavy atom. The molecule has 1 unspecified atom stereocenters. The van der Waals surface area contributed by atoms with Gasteiger partial charge in [-0.1, -0.05) is 0 Å². The largest absolute Gasteiger partial charge is 0.463 e. The topological polar surface area (TPSA) is 61.8 Å². The summed E-state index contributed by atoms with van der Waals surface area (Å²) in [7, 11) is 0. The van der Waals surface area contributed by atoms with Crippen molar-refractivity contribution in [1.82, 2.24) is 0 Å². The number of carbonyl (C=O) groups is 2. The predicted octanol–water partition coefficient (Wildman–Crippen LogP) is 1.23. The maximum Gasteiger partial charge on any atom is 0.306 e. The molecule has 0 saturated carbocycles. The van der Waals surface area contributed by atoms with Gasteiger partial charge in [0, 0.05) is 6.42 Å². The molecule has 92 valence electrons. The first-order chi connectivity index (χ1) is 7.39. The highest BCUT2D eigenvalue weighted by Gasteiger charge is 2.33. The van der Waals surface area contributed by atoms with Crippen molar-refractivity contribution >= 4 is 22.8 Å². The molecule has 1 aliphatic rings.